The highest BCUT2D eigenvalue weighted by molar-refractivity contribution is 9.10. The van der Waals surface area contributed by atoms with Crippen molar-refractivity contribution in [1.29, 1.82) is 0 Å². The monoisotopic (exact) mass is 453 g/mol. The van der Waals surface area contributed by atoms with Gasteiger partial charge in [0, 0.05) is 17.3 Å². The molecule has 0 unspecified atom stereocenters. The number of hydrogen-bond donors (Lipinski definition) is 2. The predicted molar refractivity (Wildman–Crippen MR) is 110 cm³/mol. The summed E-state index contributed by atoms with van der Waals surface area (Å²) in [5, 5.41) is 23.4. The number of aromatic hydroxyl groups is 1. The number of phenolic OH excluding ortho intramolecular Hbond substituents is 1. The summed E-state index contributed by atoms with van der Waals surface area (Å²) in [7, 11) is 0. The molecule has 0 aliphatic carbocycles. The highest BCUT2D eigenvalue weighted by Crippen LogP contribution is 2.31. The number of anilines is 1. The van der Waals surface area contributed by atoms with Crippen molar-refractivity contribution in [3.8, 4) is 17.2 Å². The number of nitro benzene ring substituents is 1. The summed E-state index contributed by atoms with van der Waals surface area (Å²) in [6, 6.07) is 15.5. The van der Waals surface area contributed by atoms with Gasteiger partial charge in [-0.25, -0.2) is 4.98 Å². The number of phenols is 1. The average molecular weight is 454 g/mol. The Morgan fingerprint density at radius 3 is 2.69 bits per heavy atom. The number of nitrogens with zero attached hydrogens (tertiary/aromatic N) is 2. The molecule has 0 bridgehead atoms. The first-order valence-electron chi connectivity index (χ1n) is 8.36. The third-order valence-corrected chi connectivity index (χ3v) is 4.82. The molecule has 144 valence electrons. The maximum Gasteiger partial charge on any atom is 0.282 e. The molecule has 0 radical (unpaired) electrons. The van der Waals surface area contributed by atoms with Crippen molar-refractivity contribution in [3.63, 3.8) is 0 Å². The maximum atomic E-state index is 12.5. The summed E-state index contributed by atoms with van der Waals surface area (Å²) in [6.45, 7) is 0. The number of aromatic nitrogens is 1. The fourth-order valence-electron chi connectivity index (χ4n) is 2.79. The van der Waals surface area contributed by atoms with Crippen LogP contribution >= 0.6 is 15.9 Å². The second-order valence-corrected chi connectivity index (χ2v) is 6.95. The Balaban J connectivity index is 1.63. The van der Waals surface area contributed by atoms with Gasteiger partial charge in [0.25, 0.3) is 11.6 Å². The van der Waals surface area contributed by atoms with E-state index in [1.165, 1.54) is 24.3 Å². The Morgan fingerprint density at radius 1 is 1.14 bits per heavy atom. The van der Waals surface area contributed by atoms with E-state index in [0.717, 1.165) is 0 Å². The molecule has 8 nitrogen and oxygen atoms in total. The lowest BCUT2D eigenvalue weighted by Gasteiger charge is -2.05. The predicted octanol–water partition coefficient (Wildman–Crippen LogP) is 5.12. The molecule has 0 fully saturated rings. The minimum atomic E-state index is -0.599. The molecule has 0 saturated heterocycles. The maximum absolute atomic E-state index is 12.5. The standard InChI is InChI=1S/C20H12BrN3O5/c21-14-9-11(5-7-17(14)25)20-23-15-10-12(6-8-18(15)29-20)22-19(26)13-3-1-2-4-16(13)24(27)28/h1-10,25H,(H,22,26). The summed E-state index contributed by atoms with van der Waals surface area (Å²) in [6.07, 6.45) is 0. The molecule has 1 heterocycles. The molecule has 0 aliphatic rings. The Kier molecular flexibility index (Phi) is 4.73. The van der Waals surface area contributed by atoms with Gasteiger partial charge in [0.15, 0.2) is 5.58 Å². The lowest BCUT2D eigenvalue weighted by Crippen LogP contribution is -2.13. The fourth-order valence-corrected chi connectivity index (χ4v) is 3.17. The number of fused-ring (bicyclic) bond motifs is 1. The SMILES string of the molecule is O=C(Nc1ccc2oc(-c3ccc(O)c(Br)c3)nc2c1)c1ccccc1[N+](=O)[O-]. The number of benzene rings is 3. The van der Waals surface area contributed by atoms with Gasteiger partial charge in [-0.3, -0.25) is 14.9 Å². The average Bonchev–Trinajstić information content (AvgIpc) is 3.13. The smallest absolute Gasteiger partial charge is 0.282 e. The van der Waals surface area contributed by atoms with Gasteiger partial charge in [0.1, 0.15) is 16.8 Å². The van der Waals surface area contributed by atoms with Crippen LogP contribution in [-0.4, -0.2) is 20.9 Å². The lowest BCUT2D eigenvalue weighted by molar-refractivity contribution is -0.385. The molecule has 4 aromatic rings. The molecule has 3 aromatic carbocycles. The summed E-state index contributed by atoms with van der Waals surface area (Å²) in [5.41, 5.74) is 1.79. The summed E-state index contributed by atoms with van der Waals surface area (Å²) in [4.78, 5) is 27.4. The van der Waals surface area contributed by atoms with E-state index >= 15 is 0 Å². The third kappa shape index (κ3) is 3.67. The van der Waals surface area contributed by atoms with Gasteiger partial charge in [-0.15, -0.1) is 0 Å². The number of nitro groups is 1. The van der Waals surface area contributed by atoms with Crippen molar-refractivity contribution in [1.82, 2.24) is 4.98 Å². The second kappa shape index (κ2) is 7.36. The first-order valence-corrected chi connectivity index (χ1v) is 9.16. The Hall–Kier alpha value is -3.72. The minimum absolute atomic E-state index is 0.0348. The summed E-state index contributed by atoms with van der Waals surface area (Å²) >= 11 is 3.25. The van der Waals surface area contributed by atoms with Crippen molar-refractivity contribution >= 4 is 44.3 Å². The second-order valence-electron chi connectivity index (χ2n) is 6.10. The van der Waals surface area contributed by atoms with Gasteiger partial charge >= 0.3 is 0 Å². The number of nitrogens with one attached hydrogen (secondary N) is 1. The van der Waals surface area contributed by atoms with Crippen LogP contribution in [0.25, 0.3) is 22.6 Å². The van der Waals surface area contributed by atoms with Gasteiger partial charge in [-0.2, -0.15) is 0 Å². The van der Waals surface area contributed by atoms with Gasteiger partial charge in [-0.05, 0) is 58.4 Å². The van der Waals surface area contributed by atoms with Crippen molar-refractivity contribution in [2.45, 2.75) is 0 Å². The highest BCUT2D eigenvalue weighted by Gasteiger charge is 2.19. The Morgan fingerprint density at radius 2 is 1.93 bits per heavy atom. The van der Waals surface area contributed by atoms with Crippen LogP contribution in [0.4, 0.5) is 11.4 Å². The van der Waals surface area contributed by atoms with Crippen molar-refractivity contribution in [2.24, 2.45) is 0 Å². The molecule has 0 spiro atoms. The Labute approximate surface area is 172 Å². The number of hydrogen-bond acceptors (Lipinski definition) is 6. The molecule has 2 N–H and O–H groups in total. The van der Waals surface area contributed by atoms with Gasteiger partial charge in [0.2, 0.25) is 5.89 Å². The van der Waals surface area contributed by atoms with Crippen LogP contribution in [0.1, 0.15) is 10.4 Å². The van der Waals surface area contributed by atoms with Crippen LogP contribution in [0, 0.1) is 10.1 Å². The lowest BCUT2D eigenvalue weighted by atomic mass is 10.1. The molecular formula is C20H12BrN3O5. The molecule has 1 aromatic heterocycles. The van der Waals surface area contributed by atoms with E-state index in [-0.39, 0.29) is 17.0 Å². The zero-order valence-corrected chi connectivity index (χ0v) is 16.2. The zero-order chi connectivity index (χ0) is 20.5. The normalized spacial score (nSPS) is 10.8. The van der Waals surface area contributed by atoms with Crippen LogP contribution in [-0.2, 0) is 0 Å². The molecular weight excluding hydrogens is 442 g/mol. The first-order chi connectivity index (χ1) is 13.9. The van der Waals surface area contributed by atoms with E-state index < -0.39 is 10.8 Å². The van der Waals surface area contributed by atoms with Gasteiger partial charge in [0.05, 0.1) is 9.40 Å². The van der Waals surface area contributed by atoms with Crippen LogP contribution in [0.3, 0.4) is 0 Å². The van der Waals surface area contributed by atoms with Gasteiger partial charge < -0.3 is 14.8 Å². The molecule has 4 rings (SSSR count). The molecule has 0 aliphatic heterocycles. The third-order valence-electron chi connectivity index (χ3n) is 4.19. The van der Waals surface area contributed by atoms with Crippen molar-refractivity contribution < 1.29 is 19.2 Å². The largest absolute Gasteiger partial charge is 0.507 e. The fraction of sp³-hybridized carbons (Fsp3) is 0. The van der Waals surface area contributed by atoms with Crippen molar-refractivity contribution in [2.75, 3.05) is 5.32 Å². The van der Waals surface area contributed by atoms with Crippen LogP contribution in [0.5, 0.6) is 5.75 Å². The number of amides is 1. The number of carbonyl (C=O) groups is 1. The number of halogens is 1. The number of oxazole rings is 1. The molecule has 0 saturated carbocycles. The molecule has 9 heteroatoms. The first kappa shape index (κ1) is 18.6. The van der Waals surface area contributed by atoms with Crippen LogP contribution in [0.15, 0.2) is 69.6 Å². The highest BCUT2D eigenvalue weighted by atomic mass is 79.9. The topological polar surface area (TPSA) is 118 Å². The molecule has 0 atom stereocenters. The Bertz CT molecular complexity index is 1270. The molecule has 29 heavy (non-hydrogen) atoms. The van der Waals surface area contributed by atoms with E-state index in [2.05, 4.69) is 26.2 Å². The number of rotatable bonds is 4. The van der Waals surface area contributed by atoms with E-state index in [9.17, 15) is 20.0 Å². The zero-order valence-electron chi connectivity index (χ0n) is 14.6. The van der Waals surface area contributed by atoms with E-state index in [4.69, 9.17) is 4.42 Å². The van der Waals surface area contributed by atoms with Crippen LogP contribution < -0.4 is 5.32 Å². The minimum Gasteiger partial charge on any atom is -0.507 e. The quantitative estimate of drug-likeness (QED) is 0.326. The van der Waals surface area contributed by atoms with E-state index in [0.29, 0.717) is 32.7 Å². The van der Waals surface area contributed by atoms with Crippen LogP contribution in [0.2, 0.25) is 0 Å². The van der Waals surface area contributed by atoms with E-state index in [1.54, 1.807) is 36.4 Å². The van der Waals surface area contributed by atoms with E-state index in [1.807, 2.05) is 0 Å². The molecule has 1 amide bonds. The van der Waals surface area contributed by atoms with Crippen molar-refractivity contribution in [3.05, 3.63) is 80.8 Å². The summed E-state index contributed by atoms with van der Waals surface area (Å²) < 4.78 is 6.24. The summed E-state index contributed by atoms with van der Waals surface area (Å²) in [5.74, 6) is -0.143. The number of para-hydroxylation sites is 1. The van der Waals surface area contributed by atoms with Gasteiger partial charge in [-0.1, -0.05) is 12.1 Å². The number of carbonyl (C=O) groups excluding carboxylic acids is 1.